The van der Waals surface area contributed by atoms with E-state index in [0.29, 0.717) is 0 Å². The second-order valence-corrected chi connectivity index (χ2v) is 2.34. The van der Waals surface area contributed by atoms with Gasteiger partial charge >= 0.3 is 0 Å². The van der Waals surface area contributed by atoms with Gasteiger partial charge in [-0.2, -0.15) is 0 Å². The van der Waals surface area contributed by atoms with Crippen molar-refractivity contribution in [1.82, 2.24) is 4.90 Å². The van der Waals surface area contributed by atoms with Gasteiger partial charge in [-0.1, -0.05) is 31.6 Å². The molecule has 0 spiro atoms. The van der Waals surface area contributed by atoms with Gasteiger partial charge in [-0.3, -0.25) is 4.90 Å². The van der Waals surface area contributed by atoms with E-state index in [1.54, 1.807) is 0 Å². The molecule has 0 saturated carbocycles. The van der Waals surface area contributed by atoms with Crippen molar-refractivity contribution in [2.45, 2.75) is 13.8 Å². The Kier molecular flexibility index (Phi) is 16.0. The zero-order valence-corrected chi connectivity index (χ0v) is 8.95. The van der Waals surface area contributed by atoms with Crippen molar-refractivity contribution in [1.29, 1.82) is 0 Å². The molecule has 3 nitrogen and oxygen atoms in total. The van der Waals surface area contributed by atoms with Crippen LogP contribution in [0.15, 0.2) is 0 Å². The Labute approximate surface area is 86.7 Å². The van der Waals surface area contributed by atoms with E-state index in [4.69, 9.17) is 10.2 Å². The van der Waals surface area contributed by atoms with Gasteiger partial charge in [-0.05, 0) is 13.1 Å². The second-order valence-electron chi connectivity index (χ2n) is 2.34. The van der Waals surface area contributed by atoms with E-state index < -0.39 is 0 Å². The molecule has 14 heavy (non-hydrogen) atoms. The second kappa shape index (κ2) is 14.5. The summed E-state index contributed by atoms with van der Waals surface area (Å²) in [5.41, 5.74) is 0. The largest absolute Gasteiger partial charge is 0.384 e. The van der Waals surface area contributed by atoms with Crippen molar-refractivity contribution in [2.75, 3.05) is 32.8 Å². The van der Waals surface area contributed by atoms with E-state index in [1.165, 1.54) is 0 Å². The maximum atomic E-state index is 8.33. The Balaban J connectivity index is 0. The van der Waals surface area contributed by atoms with Gasteiger partial charge in [0, 0.05) is 0 Å². The summed E-state index contributed by atoms with van der Waals surface area (Å²) in [5, 5.41) is 16.0. The Hall–Kier alpha value is -1.00. The Morgan fingerprint density at radius 2 is 1.57 bits per heavy atom. The molecule has 0 rings (SSSR count). The first-order valence-electron chi connectivity index (χ1n) is 4.59. The maximum Gasteiger partial charge on any atom is 0.104 e. The molecule has 0 fully saturated rings. The molecule has 2 N–H and O–H groups in total. The number of nitrogens with zero attached hydrogens (tertiary/aromatic N) is 1. The van der Waals surface area contributed by atoms with Crippen LogP contribution in [0.2, 0.25) is 0 Å². The average Bonchev–Trinajstić information content (AvgIpc) is 2.25. The highest BCUT2D eigenvalue weighted by molar-refractivity contribution is 5.00. The van der Waals surface area contributed by atoms with Crippen molar-refractivity contribution in [3.05, 3.63) is 0 Å². The first-order chi connectivity index (χ1) is 6.76. The lowest BCUT2D eigenvalue weighted by Crippen LogP contribution is -2.22. The number of terminal acetylenes is 1. The fourth-order valence-corrected chi connectivity index (χ4v) is 0.671. The molecule has 0 aromatic heterocycles. The summed E-state index contributed by atoms with van der Waals surface area (Å²) >= 11 is 0. The van der Waals surface area contributed by atoms with Crippen LogP contribution in [-0.4, -0.2) is 48.0 Å². The fourth-order valence-electron chi connectivity index (χ4n) is 0.671. The summed E-state index contributed by atoms with van der Waals surface area (Å²) in [6, 6.07) is 0. The van der Waals surface area contributed by atoms with E-state index in [9.17, 15) is 0 Å². The molecule has 0 radical (unpaired) electrons. The van der Waals surface area contributed by atoms with Crippen molar-refractivity contribution in [3.63, 3.8) is 0 Å². The van der Waals surface area contributed by atoms with Gasteiger partial charge in [0.25, 0.3) is 0 Å². The lowest BCUT2D eigenvalue weighted by Gasteiger charge is -2.12. The number of hydrogen-bond donors (Lipinski definition) is 2. The van der Waals surface area contributed by atoms with E-state index in [1.807, 2.05) is 5.92 Å². The van der Waals surface area contributed by atoms with E-state index in [2.05, 4.69) is 37.0 Å². The molecular weight excluding hydrogens is 178 g/mol. The third kappa shape index (κ3) is 13.6. The van der Waals surface area contributed by atoms with Crippen LogP contribution >= 0.6 is 0 Å². The first kappa shape index (κ1) is 15.5. The lowest BCUT2D eigenvalue weighted by atomic mass is 10.4. The van der Waals surface area contributed by atoms with Gasteiger partial charge in [-0.25, -0.2) is 0 Å². The molecular formula is C11H19NO2. The Bertz CT molecular complexity index is 194. The number of hydrogen-bond acceptors (Lipinski definition) is 3. The summed E-state index contributed by atoms with van der Waals surface area (Å²) in [5.74, 6) is 7.46. The molecule has 80 valence electrons. The van der Waals surface area contributed by atoms with Gasteiger partial charge in [0.1, 0.15) is 13.2 Å². The third-order valence-corrected chi connectivity index (χ3v) is 1.49. The SMILES string of the molecule is C#CCO.CCN(CC)CC#CCO. The van der Waals surface area contributed by atoms with Crippen molar-refractivity contribution in [2.24, 2.45) is 0 Å². The minimum absolute atomic E-state index is 0.0265. The van der Waals surface area contributed by atoms with Gasteiger partial charge in [-0.15, -0.1) is 6.42 Å². The molecule has 0 atom stereocenters. The fraction of sp³-hybridized carbons (Fsp3) is 0.636. The van der Waals surface area contributed by atoms with Crippen LogP contribution in [0.1, 0.15) is 13.8 Å². The topological polar surface area (TPSA) is 43.7 Å². The quantitative estimate of drug-likeness (QED) is 0.623. The van der Waals surface area contributed by atoms with E-state index >= 15 is 0 Å². The van der Waals surface area contributed by atoms with Crippen molar-refractivity contribution in [3.8, 4) is 24.2 Å². The maximum absolute atomic E-state index is 8.33. The molecule has 0 unspecified atom stereocenters. The van der Waals surface area contributed by atoms with Crippen LogP contribution in [0.5, 0.6) is 0 Å². The predicted molar refractivity (Wildman–Crippen MR) is 58.6 cm³/mol. The van der Waals surface area contributed by atoms with Crippen LogP contribution in [0.3, 0.4) is 0 Å². The zero-order chi connectivity index (χ0) is 11.2. The van der Waals surface area contributed by atoms with Crippen LogP contribution in [-0.2, 0) is 0 Å². The van der Waals surface area contributed by atoms with Gasteiger partial charge in [0.15, 0.2) is 0 Å². The summed E-state index contributed by atoms with van der Waals surface area (Å²) in [7, 11) is 0. The summed E-state index contributed by atoms with van der Waals surface area (Å²) in [4.78, 5) is 2.20. The van der Waals surface area contributed by atoms with Crippen molar-refractivity contribution < 1.29 is 10.2 Å². The number of aliphatic hydroxyl groups is 2. The highest BCUT2D eigenvalue weighted by atomic mass is 16.3. The van der Waals surface area contributed by atoms with Crippen LogP contribution in [0, 0.1) is 24.2 Å². The van der Waals surface area contributed by atoms with E-state index in [-0.39, 0.29) is 13.2 Å². The summed E-state index contributed by atoms with van der Waals surface area (Å²) in [6.45, 7) is 6.84. The average molecular weight is 197 g/mol. The lowest BCUT2D eigenvalue weighted by molar-refractivity contribution is 0.338. The molecule has 0 aromatic rings. The number of aliphatic hydroxyl groups excluding tert-OH is 2. The summed E-state index contributed by atoms with van der Waals surface area (Å²) in [6.07, 6.45) is 4.53. The number of rotatable bonds is 3. The third-order valence-electron chi connectivity index (χ3n) is 1.49. The molecule has 0 aliphatic carbocycles. The minimum atomic E-state index is -0.153. The first-order valence-corrected chi connectivity index (χ1v) is 4.59. The zero-order valence-electron chi connectivity index (χ0n) is 8.95. The van der Waals surface area contributed by atoms with Gasteiger partial charge < -0.3 is 10.2 Å². The Morgan fingerprint density at radius 3 is 1.86 bits per heavy atom. The highest BCUT2D eigenvalue weighted by Gasteiger charge is 1.92. The molecule has 0 heterocycles. The summed E-state index contributed by atoms with van der Waals surface area (Å²) < 4.78 is 0. The minimum Gasteiger partial charge on any atom is -0.384 e. The molecule has 0 saturated heterocycles. The van der Waals surface area contributed by atoms with Crippen LogP contribution in [0.4, 0.5) is 0 Å². The standard InChI is InChI=1S/C8H15NO.C3H4O/c1-3-9(4-2)7-5-6-8-10;1-2-3-4/h10H,3-4,7-8H2,1-2H3;1,4H,3H2. The van der Waals surface area contributed by atoms with Crippen LogP contribution < -0.4 is 0 Å². The predicted octanol–water partition coefficient (Wildman–Crippen LogP) is -0.0642. The molecule has 0 aliphatic rings. The molecule has 0 aliphatic heterocycles. The normalized spacial score (nSPS) is 8.00. The highest BCUT2D eigenvalue weighted by Crippen LogP contribution is 1.82. The van der Waals surface area contributed by atoms with Crippen LogP contribution in [0.25, 0.3) is 0 Å². The van der Waals surface area contributed by atoms with Gasteiger partial charge in [0.05, 0.1) is 6.54 Å². The molecule has 0 aromatic carbocycles. The van der Waals surface area contributed by atoms with Gasteiger partial charge in [0.2, 0.25) is 0 Å². The smallest absolute Gasteiger partial charge is 0.104 e. The van der Waals surface area contributed by atoms with Crippen molar-refractivity contribution >= 4 is 0 Å². The monoisotopic (exact) mass is 197 g/mol. The molecule has 0 amide bonds. The van der Waals surface area contributed by atoms with E-state index in [0.717, 1.165) is 19.6 Å². The Morgan fingerprint density at radius 1 is 1.07 bits per heavy atom. The molecule has 0 bridgehead atoms. The molecule has 3 heteroatoms.